The van der Waals surface area contributed by atoms with E-state index in [2.05, 4.69) is 29.7 Å². The van der Waals surface area contributed by atoms with Gasteiger partial charge in [0.15, 0.2) is 0 Å². The molecule has 3 aromatic carbocycles. The number of hydrogen-bond donors (Lipinski definition) is 2. The number of aryl methyl sites for hydroxylation is 1. The van der Waals surface area contributed by atoms with Crippen LogP contribution in [0, 0.1) is 6.92 Å². The number of rotatable bonds is 7. The molecule has 26 heavy (non-hydrogen) atoms. The van der Waals surface area contributed by atoms with Gasteiger partial charge in [0, 0.05) is 17.1 Å². The summed E-state index contributed by atoms with van der Waals surface area (Å²) in [6, 6.07) is 25.3. The molecule has 1 amide bonds. The van der Waals surface area contributed by atoms with Crippen molar-refractivity contribution < 1.29 is 9.53 Å². The van der Waals surface area contributed by atoms with Crippen molar-refractivity contribution in [2.45, 2.75) is 13.3 Å². The summed E-state index contributed by atoms with van der Waals surface area (Å²) in [7, 11) is 0. The molecular weight excluding hydrogens is 324 g/mol. The highest BCUT2D eigenvalue weighted by Gasteiger charge is 2.03. The summed E-state index contributed by atoms with van der Waals surface area (Å²) in [5.74, 6) is 0.701. The zero-order valence-electron chi connectivity index (χ0n) is 14.7. The molecule has 0 aliphatic heterocycles. The van der Waals surface area contributed by atoms with E-state index in [0.717, 1.165) is 22.8 Å². The SMILES string of the molecule is Cc1cccc(Nc2ccc(NC(=O)CCOc3ccccc3)cc2)c1. The number of benzene rings is 3. The van der Waals surface area contributed by atoms with Gasteiger partial charge in [0.05, 0.1) is 13.0 Å². The van der Waals surface area contributed by atoms with Crippen molar-refractivity contribution in [1.29, 1.82) is 0 Å². The van der Waals surface area contributed by atoms with Crippen LogP contribution in [-0.4, -0.2) is 12.5 Å². The normalized spacial score (nSPS) is 10.2. The first kappa shape index (κ1) is 17.5. The lowest BCUT2D eigenvalue weighted by Gasteiger charge is -2.10. The second-order valence-corrected chi connectivity index (χ2v) is 6.03. The van der Waals surface area contributed by atoms with Crippen LogP contribution in [0.25, 0.3) is 0 Å². The minimum atomic E-state index is -0.0691. The lowest BCUT2D eigenvalue weighted by atomic mass is 10.2. The molecule has 0 aliphatic carbocycles. The summed E-state index contributed by atoms with van der Waals surface area (Å²) in [5, 5.41) is 6.23. The molecule has 0 fully saturated rings. The van der Waals surface area contributed by atoms with Crippen molar-refractivity contribution in [3.8, 4) is 5.75 Å². The van der Waals surface area contributed by atoms with Gasteiger partial charge in [-0.1, -0.05) is 30.3 Å². The Morgan fingerprint density at radius 3 is 2.31 bits per heavy atom. The van der Waals surface area contributed by atoms with Gasteiger partial charge in [0.25, 0.3) is 0 Å². The maximum absolute atomic E-state index is 12.0. The Kier molecular flexibility index (Phi) is 5.88. The van der Waals surface area contributed by atoms with Crippen molar-refractivity contribution in [2.75, 3.05) is 17.2 Å². The maximum Gasteiger partial charge on any atom is 0.227 e. The van der Waals surface area contributed by atoms with E-state index in [1.807, 2.05) is 66.7 Å². The second-order valence-electron chi connectivity index (χ2n) is 6.03. The van der Waals surface area contributed by atoms with E-state index >= 15 is 0 Å². The second kappa shape index (κ2) is 8.72. The van der Waals surface area contributed by atoms with E-state index in [-0.39, 0.29) is 5.91 Å². The highest BCUT2D eigenvalue weighted by atomic mass is 16.5. The average Bonchev–Trinajstić information content (AvgIpc) is 2.64. The van der Waals surface area contributed by atoms with Crippen molar-refractivity contribution in [1.82, 2.24) is 0 Å². The summed E-state index contributed by atoms with van der Waals surface area (Å²) < 4.78 is 5.54. The Hall–Kier alpha value is -3.27. The third kappa shape index (κ3) is 5.38. The van der Waals surface area contributed by atoms with Crippen LogP contribution in [0.3, 0.4) is 0 Å². The number of carbonyl (C=O) groups is 1. The molecule has 0 atom stereocenters. The first-order valence-corrected chi connectivity index (χ1v) is 8.60. The molecule has 4 nitrogen and oxygen atoms in total. The van der Waals surface area contributed by atoms with E-state index in [1.165, 1.54) is 5.56 Å². The highest BCUT2D eigenvalue weighted by Crippen LogP contribution is 2.19. The van der Waals surface area contributed by atoms with Crippen molar-refractivity contribution >= 4 is 23.0 Å². The first-order chi connectivity index (χ1) is 12.7. The Balaban J connectivity index is 1.46. The molecule has 0 heterocycles. The fourth-order valence-electron chi connectivity index (χ4n) is 2.53. The summed E-state index contributed by atoms with van der Waals surface area (Å²) in [6.45, 7) is 2.41. The summed E-state index contributed by atoms with van der Waals surface area (Å²) in [5.41, 5.74) is 3.99. The van der Waals surface area contributed by atoms with E-state index < -0.39 is 0 Å². The minimum absolute atomic E-state index is 0.0691. The molecule has 4 heteroatoms. The van der Waals surface area contributed by atoms with Crippen LogP contribution in [-0.2, 0) is 4.79 Å². The van der Waals surface area contributed by atoms with Crippen molar-refractivity contribution in [2.24, 2.45) is 0 Å². The smallest absolute Gasteiger partial charge is 0.227 e. The lowest BCUT2D eigenvalue weighted by molar-refractivity contribution is -0.116. The van der Waals surface area contributed by atoms with Crippen LogP contribution >= 0.6 is 0 Å². The Bertz CT molecular complexity index is 846. The van der Waals surface area contributed by atoms with Crippen LogP contribution in [0.1, 0.15) is 12.0 Å². The molecule has 2 N–H and O–H groups in total. The molecule has 0 bridgehead atoms. The number of anilines is 3. The Morgan fingerprint density at radius 1 is 0.846 bits per heavy atom. The predicted molar refractivity (Wildman–Crippen MR) is 106 cm³/mol. The number of nitrogens with one attached hydrogen (secondary N) is 2. The van der Waals surface area contributed by atoms with Gasteiger partial charge in [0.2, 0.25) is 5.91 Å². The third-order valence-corrected chi connectivity index (χ3v) is 3.82. The number of hydrogen-bond acceptors (Lipinski definition) is 3. The molecule has 3 rings (SSSR count). The Morgan fingerprint density at radius 2 is 1.58 bits per heavy atom. The predicted octanol–water partition coefficient (Wildman–Crippen LogP) is 5.15. The number of para-hydroxylation sites is 1. The van der Waals surface area contributed by atoms with Crippen molar-refractivity contribution in [3.63, 3.8) is 0 Å². The van der Waals surface area contributed by atoms with E-state index in [4.69, 9.17) is 4.74 Å². The van der Waals surface area contributed by atoms with Gasteiger partial charge >= 0.3 is 0 Å². The van der Waals surface area contributed by atoms with Crippen LogP contribution in [0.15, 0.2) is 78.9 Å². The maximum atomic E-state index is 12.0. The van der Waals surface area contributed by atoms with Gasteiger partial charge in [0.1, 0.15) is 5.75 Å². The lowest BCUT2D eigenvalue weighted by Crippen LogP contribution is -2.15. The molecule has 3 aromatic rings. The zero-order valence-corrected chi connectivity index (χ0v) is 14.7. The standard InChI is InChI=1S/C22H22N2O2/c1-17-6-5-7-20(16-17)23-18-10-12-19(13-11-18)24-22(25)14-15-26-21-8-3-2-4-9-21/h2-13,16,23H,14-15H2,1H3,(H,24,25). The number of ether oxygens (including phenoxy) is 1. The summed E-state index contributed by atoms with van der Waals surface area (Å²) in [6.07, 6.45) is 0.304. The van der Waals surface area contributed by atoms with Crippen LogP contribution < -0.4 is 15.4 Å². The largest absolute Gasteiger partial charge is 0.493 e. The fraction of sp³-hybridized carbons (Fsp3) is 0.136. The zero-order chi connectivity index (χ0) is 18.2. The van der Waals surface area contributed by atoms with Gasteiger partial charge in [-0.2, -0.15) is 0 Å². The van der Waals surface area contributed by atoms with E-state index in [9.17, 15) is 4.79 Å². The minimum Gasteiger partial charge on any atom is -0.493 e. The monoisotopic (exact) mass is 346 g/mol. The molecule has 0 saturated heterocycles. The topological polar surface area (TPSA) is 50.4 Å². The molecule has 0 unspecified atom stereocenters. The van der Waals surface area contributed by atoms with Crippen LogP contribution in [0.4, 0.5) is 17.1 Å². The third-order valence-electron chi connectivity index (χ3n) is 3.82. The van der Waals surface area contributed by atoms with Crippen molar-refractivity contribution in [3.05, 3.63) is 84.4 Å². The molecule has 132 valence electrons. The molecule has 0 spiro atoms. The summed E-state index contributed by atoms with van der Waals surface area (Å²) in [4.78, 5) is 12.0. The van der Waals surface area contributed by atoms with Gasteiger partial charge in [-0.3, -0.25) is 4.79 Å². The number of amides is 1. The van der Waals surface area contributed by atoms with Gasteiger partial charge in [-0.15, -0.1) is 0 Å². The first-order valence-electron chi connectivity index (χ1n) is 8.60. The van der Waals surface area contributed by atoms with E-state index in [0.29, 0.717) is 13.0 Å². The van der Waals surface area contributed by atoms with Crippen LogP contribution in [0.5, 0.6) is 5.75 Å². The molecule has 0 saturated carbocycles. The van der Waals surface area contributed by atoms with Crippen LogP contribution in [0.2, 0.25) is 0 Å². The number of carbonyl (C=O) groups excluding carboxylic acids is 1. The summed E-state index contributed by atoms with van der Waals surface area (Å²) >= 11 is 0. The Labute approximate surface area is 153 Å². The molecule has 0 aliphatic rings. The van der Waals surface area contributed by atoms with Gasteiger partial charge < -0.3 is 15.4 Å². The van der Waals surface area contributed by atoms with E-state index in [1.54, 1.807) is 0 Å². The quantitative estimate of drug-likeness (QED) is 0.622. The molecular formula is C22H22N2O2. The fourth-order valence-corrected chi connectivity index (χ4v) is 2.53. The molecule has 0 radical (unpaired) electrons. The van der Waals surface area contributed by atoms with Gasteiger partial charge in [-0.25, -0.2) is 0 Å². The molecule has 0 aromatic heterocycles. The average molecular weight is 346 g/mol. The van der Waals surface area contributed by atoms with Gasteiger partial charge in [-0.05, 0) is 61.0 Å². The highest BCUT2D eigenvalue weighted by molar-refractivity contribution is 5.91.